The van der Waals surface area contributed by atoms with Crippen LogP contribution in [0.3, 0.4) is 0 Å². The van der Waals surface area contributed by atoms with E-state index in [9.17, 15) is 0 Å². The van der Waals surface area contributed by atoms with Gasteiger partial charge in [-0.05, 0) is 54.1 Å². The quantitative estimate of drug-likeness (QED) is 0.893. The van der Waals surface area contributed by atoms with Crippen LogP contribution in [0.1, 0.15) is 40.3 Å². The molecule has 20 heavy (non-hydrogen) atoms. The highest BCUT2D eigenvalue weighted by Crippen LogP contribution is 2.28. The molecular formula is C18H22N2. The van der Waals surface area contributed by atoms with Crippen molar-refractivity contribution in [1.29, 1.82) is 0 Å². The molecule has 0 saturated carbocycles. The van der Waals surface area contributed by atoms with E-state index in [1.54, 1.807) is 0 Å². The molecule has 0 aromatic heterocycles. The Morgan fingerprint density at radius 1 is 1.05 bits per heavy atom. The first-order chi connectivity index (χ1) is 9.81. The highest BCUT2D eigenvalue weighted by molar-refractivity contribution is 5.40. The van der Waals surface area contributed by atoms with Crippen molar-refractivity contribution in [3.63, 3.8) is 0 Å². The first-order valence-electron chi connectivity index (χ1n) is 7.39. The van der Waals surface area contributed by atoms with Gasteiger partial charge in [0.2, 0.25) is 0 Å². The predicted octanol–water partition coefficient (Wildman–Crippen LogP) is 2.94. The molecule has 1 aliphatic carbocycles. The maximum Gasteiger partial charge on any atom is 0.0574 e. The van der Waals surface area contributed by atoms with Crippen molar-refractivity contribution in [3.8, 4) is 0 Å². The molecule has 1 atom stereocenters. The molecular weight excluding hydrogens is 244 g/mol. The Kier molecular flexibility index (Phi) is 3.86. The van der Waals surface area contributed by atoms with E-state index in [1.807, 2.05) is 7.05 Å². The summed E-state index contributed by atoms with van der Waals surface area (Å²) < 4.78 is 0. The lowest BCUT2D eigenvalue weighted by Gasteiger charge is -2.19. The zero-order valence-corrected chi connectivity index (χ0v) is 12.0. The van der Waals surface area contributed by atoms with Gasteiger partial charge in [0, 0.05) is 6.54 Å². The Balaban J connectivity index is 1.96. The van der Waals surface area contributed by atoms with Crippen LogP contribution in [0.4, 0.5) is 0 Å². The van der Waals surface area contributed by atoms with E-state index in [2.05, 4.69) is 47.8 Å². The lowest BCUT2D eigenvalue weighted by Crippen LogP contribution is -2.18. The number of benzene rings is 2. The first kappa shape index (κ1) is 13.3. The summed E-state index contributed by atoms with van der Waals surface area (Å²) in [4.78, 5) is 0. The van der Waals surface area contributed by atoms with Gasteiger partial charge in [0.15, 0.2) is 0 Å². The Hall–Kier alpha value is -1.64. The molecule has 2 heteroatoms. The highest BCUT2D eigenvalue weighted by atomic mass is 14.9. The van der Waals surface area contributed by atoms with E-state index in [1.165, 1.54) is 47.1 Å². The normalized spacial score (nSPS) is 15.1. The van der Waals surface area contributed by atoms with Gasteiger partial charge in [0.05, 0.1) is 6.04 Å². The smallest absolute Gasteiger partial charge is 0.0574 e. The van der Waals surface area contributed by atoms with Crippen LogP contribution in [0.15, 0.2) is 42.5 Å². The van der Waals surface area contributed by atoms with E-state index >= 15 is 0 Å². The van der Waals surface area contributed by atoms with Crippen LogP contribution in [0, 0.1) is 0 Å². The van der Waals surface area contributed by atoms with Crippen molar-refractivity contribution in [3.05, 3.63) is 70.3 Å². The van der Waals surface area contributed by atoms with Crippen LogP contribution >= 0.6 is 0 Å². The molecule has 1 aliphatic rings. The van der Waals surface area contributed by atoms with Crippen molar-refractivity contribution >= 4 is 0 Å². The summed E-state index contributed by atoms with van der Waals surface area (Å²) in [5.41, 5.74) is 12.6. The Morgan fingerprint density at radius 2 is 1.85 bits per heavy atom. The predicted molar refractivity (Wildman–Crippen MR) is 83.7 cm³/mol. The van der Waals surface area contributed by atoms with Gasteiger partial charge >= 0.3 is 0 Å². The molecule has 2 nitrogen and oxygen atoms in total. The molecule has 0 amide bonds. The molecule has 0 aliphatic heterocycles. The number of aryl methyl sites for hydroxylation is 2. The molecule has 104 valence electrons. The summed E-state index contributed by atoms with van der Waals surface area (Å²) in [6.45, 7) is 0.592. The number of hydrogen-bond donors (Lipinski definition) is 2. The second-order valence-electron chi connectivity index (χ2n) is 5.55. The molecule has 0 heterocycles. The van der Waals surface area contributed by atoms with Crippen LogP contribution in [0.5, 0.6) is 0 Å². The summed E-state index contributed by atoms with van der Waals surface area (Å²) in [7, 11) is 2.02. The summed E-state index contributed by atoms with van der Waals surface area (Å²) in [5.74, 6) is 0. The van der Waals surface area contributed by atoms with E-state index < -0.39 is 0 Å². The zero-order chi connectivity index (χ0) is 13.9. The molecule has 3 rings (SSSR count). The summed E-state index contributed by atoms with van der Waals surface area (Å²) in [6.07, 6.45) is 3.76. The second kappa shape index (κ2) is 5.78. The molecule has 0 spiro atoms. The Labute approximate surface area is 121 Å². The standard InChI is InChI=1S/C18H22N2/c1-20-18(16-7-2-4-13(10-16)12-19)17-9-8-14-5-3-6-15(14)11-17/h2,4,7-11,18,20H,3,5-6,12,19H2,1H3. The molecule has 0 fully saturated rings. The molecule has 2 aromatic carbocycles. The van der Waals surface area contributed by atoms with Crippen LogP contribution in [-0.2, 0) is 19.4 Å². The van der Waals surface area contributed by atoms with Gasteiger partial charge < -0.3 is 11.1 Å². The van der Waals surface area contributed by atoms with Crippen LogP contribution in [-0.4, -0.2) is 7.05 Å². The fraction of sp³-hybridized carbons (Fsp3) is 0.333. The number of nitrogens with one attached hydrogen (secondary N) is 1. The summed E-state index contributed by atoms with van der Waals surface area (Å²) in [5, 5.41) is 3.44. The van der Waals surface area contributed by atoms with E-state index in [0.29, 0.717) is 6.54 Å². The zero-order valence-electron chi connectivity index (χ0n) is 12.0. The first-order valence-corrected chi connectivity index (χ1v) is 7.39. The fourth-order valence-electron chi connectivity index (χ4n) is 3.20. The topological polar surface area (TPSA) is 38.0 Å². The molecule has 1 unspecified atom stereocenters. The van der Waals surface area contributed by atoms with Crippen molar-refractivity contribution < 1.29 is 0 Å². The van der Waals surface area contributed by atoms with Crippen molar-refractivity contribution in [2.75, 3.05) is 7.05 Å². The SMILES string of the molecule is CNC(c1cccc(CN)c1)c1ccc2c(c1)CCC2. The maximum absolute atomic E-state index is 5.75. The fourth-order valence-corrected chi connectivity index (χ4v) is 3.20. The third kappa shape index (κ3) is 2.49. The van der Waals surface area contributed by atoms with Gasteiger partial charge in [-0.2, -0.15) is 0 Å². The average Bonchev–Trinajstić information content (AvgIpc) is 2.96. The van der Waals surface area contributed by atoms with Crippen molar-refractivity contribution in [1.82, 2.24) is 5.32 Å². The van der Waals surface area contributed by atoms with Gasteiger partial charge in [-0.15, -0.1) is 0 Å². The number of hydrogen-bond acceptors (Lipinski definition) is 2. The molecule has 0 bridgehead atoms. The molecule has 3 N–H and O–H groups in total. The third-order valence-corrected chi connectivity index (χ3v) is 4.26. The van der Waals surface area contributed by atoms with Gasteiger partial charge in [0.25, 0.3) is 0 Å². The van der Waals surface area contributed by atoms with Crippen LogP contribution < -0.4 is 11.1 Å². The average molecular weight is 266 g/mol. The van der Waals surface area contributed by atoms with Crippen LogP contribution in [0.25, 0.3) is 0 Å². The number of nitrogens with two attached hydrogens (primary N) is 1. The summed E-state index contributed by atoms with van der Waals surface area (Å²) >= 11 is 0. The molecule has 0 saturated heterocycles. The maximum atomic E-state index is 5.75. The van der Waals surface area contributed by atoms with E-state index in [-0.39, 0.29) is 6.04 Å². The lowest BCUT2D eigenvalue weighted by molar-refractivity contribution is 0.689. The largest absolute Gasteiger partial charge is 0.326 e. The van der Waals surface area contributed by atoms with Crippen LogP contribution in [0.2, 0.25) is 0 Å². The minimum atomic E-state index is 0.243. The van der Waals surface area contributed by atoms with Gasteiger partial charge in [0.1, 0.15) is 0 Å². The molecule has 2 aromatic rings. The number of rotatable bonds is 4. The monoisotopic (exact) mass is 266 g/mol. The Morgan fingerprint density at radius 3 is 2.65 bits per heavy atom. The van der Waals surface area contributed by atoms with E-state index in [0.717, 1.165) is 0 Å². The highest BCUT2D eigenvalue weighted by Gasteiger charge is 2.16. The lowest BCUT2D eigenvalue weighted by atomic mass is 9.95. The summed E-state index contributed by atoms with van der Waals surface area (Å²) in [6, 6.07) is 15.7. The van der Waals surface area contributed by atoms with Gasteiger partial charge in [-0.3, -0.25) is 0 Å². The van der Waals surface area contributed by atoms with Crippen molar-refractivity contribution in [2.24, 2.45) is 5.73 Å². The molecule has 0 radical (unpaired) electrons. The van der Waals surface area contributed by atoms with Crippen molar-refractivity contribution in [2.45, 2.75) is 31.8 Å². The van der Waals surface area contributed by atoms with E-state index in [4.69, 9.17) is 5.73 Å². The Bertz CT molecular complexity index is 604. The minimum absolute atomic E-state index is 0.243. The second-order valence-corrected chi connectivity index (χ2v) is 5.55. The number of fused-ring (bicyclic) bond motifs is 1. The minimum Gasteiger partial charge on any atom is -0.326 e. The van der Waals surface area contributed by atoms with Gasteiger partial charge in [-0.25, -0.2) is 0 Å². The third-order valence-electron chi connectivity index (χ3n) is 4.26. The van der Waals surface area contributed by atoms with Gasteiger partial charge in [-0.1, -0.05) is 42.5 Å².